The van der Waals surface area contributed by atoms with Gasteiger partial charge in [0.2, 0.25) is 5.91 Å². The van der Waals surface area contributed by atoms with Crippen LogP contribution in [0.4, 0.5) is 0 Å². The first kappa shape index (κ1) is 20.5. The highest BCUT2D eigenvalue weighted by molar-refractivity contribution is 5.78. The lowest BCUT2D eigenvalue weighted by atomic mass is 9.97. The lowest BCUT2D eigenvalue weighted by Gasteiger charge is -2.12. The second-order valence-electron chi connectivity index (χ2n) is 7.35. The van der Waals surface area contributed by atoms with Gasteiger partial charge in [0.25, 0.3) is 5.56 Å². The number of carbonyl (C=O) groups is 1. The van der Waals surface area contributed by atoms with Gasteiger partial charge in [-0.05, 0) is 62.9 Å². The maximum Gasteiger partial charge on any atom is 0.255 e. The van der Waals surface area contributed by atoms with Crippen LogP contribution in [0, 0.1) is 27.7 Å². The normalized spacial score (nSPS) is 10.8. The summed E-state index contributed by atoms with van der Waals surface area (Å²) in [6.45, 7) is 8.53. The number of aromatic amines is 1. The van der Waals surface area contributed by atoms with E-state index < -0.39 is 0 Å². The number of pyridine rings is 1. The van der Waals surface area contributed by atoms with Crippen LogP contribution in [-0.4, -0.2) is 27.4 Å². The number of hydrogen-bond donors (Lipinski definition) is 2. The van der Waals surface area contributed by atoms with E-state index >= 15 is 0 Å². The van der Waals surface area contributed by atoms with E-state index in [1.807, 2.05) is 6.07 Å². The van der Waals surface area contributed by atoms with Crippen molar-refractivity contribution in [2.24, 2.45) is 0 Å². The number of nitrogens with one attached hydrogen (secondary N) is 2. The molecule has 0 aliphatic rings. The Morgan fingerprint density at radius 2 is 1.79 bits per heavy atom. The molecule has 0 saturated heterocycles. The minimum Gasteiger partial charge on any atom is -0.355 e. The average Bonchev–Trinajstić information content (AvgIpc) is 2.67. The van der Waals surface area contributed by atoms with Crippen molar-refractivity contribution >= 4 is 5.91 Å². The minimum absolute atomic E-state index is 0.00251. The summed E-state index contributed by atoms with van der Waals surface area (Å²) in [6.07, 6.45) is 2.40. The van der Waals surface area contributed by atoms with Crippen molar-refractivity contribution < 1.29 is 4.79 Å². The zero-order valence-electron chi connectivity index (χ0n) is 17.3. The lowest BCUT2D eigenvalue weighted by molar-refractivity contribution is -0.120. The molecule has 0 bridgehead atoms. The molecule has 0 spiro atoms. The van der Waals surface area contributed by atoms with Crippen LogP contribution in [0.15, 0.2) is 41.3 Å². The second-order valence-corrected chi connectivity index (χ2v) is 7.35. The van der Waals surface area contributed by atoms with E-state index in [2.05, 4.69) is 53.2 Å². The molecule has 29 heavy (non-hydrogen) atoms. The number of hydrogen-bond acceptors (Lipinski definition) is 4. The standard InChI is InChI=1S/C23H26N4O2/c1-14-11-15(2)18(16(3)12-14)8-10-25-21(28)13-19-17(4)26-22(27-23(19)29)20-7-5-6-9-24-20/h5-7,9,11-12H,8,10,13H2,1-4H3,(H,25,28)(H,26,27,29). The van der Waals surface area contributed by atoms with Gasteiger partial charge in [-0.1, -0.05) is 23.8 Å². The molecule has 0 atom stereocenters. The van der Waals surface area contributed by atoms with Crippen LogP contribution in [0.25, 0.3) is 11.5 Å². The lowest BCUT2D eigenvalue weighted by Crippen LogP contribution is -2.30. The molecule has 0 radical (unpaired) electrons. The molecule has 2 heterocycles. The third-order valence-corrected chi connectivity index (χ3v) is 5.00. The van der Waals surface area contributed by atoms with E-state index in [-0.39, 0.29) is 17.9 Å². The first-order chi connectivity index (χ1) is 13.8. The summed E-state index contributed by atoms with van der Waals surface area (Å²) < 4.78 is 0. The first-order valence-electron chi connectivity index (χ1n) is 9.69. The Bertz CT molecular complexity index is 1060. The summed E-state index contributed by atoms with van der Waals surface area (Å²) in [5, 5.41) is 2.92. The molecular weight excluding hydrogens is 364 g/mol. The fourth-order valence-electron chi connectivity index (χ4n) is 3.60. The summed E-state index contributed by atoms with van der Waals surface area (Å²) in [5.74, 6) is 0.219. The van der Waals surface area contributed by atoms with Gasteiger partial charge in [-0.2, -0.15) is 0 Å². The van der Waals surface area contributed by atoms with Crippen LogP contribution in [0.1, 0.15) is 33.5 Å². The Balaban J connectivity index is 1.65. The quantitative estimate of drug-likeness (QED) is 0.677. The van der Waals surface area contributed by atoms with Crippen molar-refractivity contribution in [1.29, 1.82) is 0 Å². The topological polar surface area (TPSA) is 87.7 Å². The highest BCUT2D eigenvalue weighted by Gasteiger charge is 2.14. The number of amides is 1. The third kappa shape index (κ3) is 4.96. The Labute approximate surface area is 170 Å². The van der Waals surface area contributed by atoms with Gasteiger partial charge in [0.05, 0.1) is 6.42 Å². The third-order valence-electron chi connectivity index (χ3n) is 5.00. The van der Waals surface area contributed by atoms with Crippen LogP contribution >= 0.6 is 0 Å². The number of nitrogens with zero attached hydrogens (tertiary/aromatic N) is 2. The van der Waals surface area contributed by atoms with E-state index in [0.29, 0.717) is 29.3 Å². The molecule has 0 aliphatic heterocycles. The molecule has 0 saturated carbocycles. The average molecular weight is 390 g/mol. The number of aryl methyl sites for hydroxylation is 4. The fourth-order valence-corrected chi connectivity index (χ4v) is 3.60. The van der Waals surface area contributed by atoms with Gasteiger partial charge in [-0.15, -0.1) is 0 Å². The molecule has 3 rings (SSSR count). The summed E-state index contributed by atoms with van der Waals surface area (Å²) >= 11 is 0. The predicted molar refractivity (Wildman–Crippen MR) is 114 cm³/mol. The molecule has 0 fully saturated rings. The zero-order chi connectivity index (χ0) is 21.0. The SMILES string of the molecule is Cc1cc(C)c(CCNC(=O)Cc2c(C)nc(-c3ccccn3)[nH]c2=O)c(C)c1. The number of rotatable bonds is 6. The van der Waals surface area contributed by atoms with E-state index in [0.717, 1.165) is 6.42 Å². The molecule has 1 aromatic carbocycles. The summed E-state index contributed by atoms with van der Waals surface area (Å²) in [5.41, 5.74) is 6.16. The van der Waals surface area contributed by atoms with Crippen molar-refractivity contribution in [1.82, 2.24) is 20.3 Å². The molecule has 2 N–H and O–H groups in total. The summed E-state index contributed by atoms with van der Waals surface area (Å²) in [6, 6.07) is 9.71. The molecular formula is C23H26N4O2. The molecule has 6 nitrogen and oxygen atoms in total. The Kier molecular flexibility index (Phi) is 6.22. The number of carbonyl (C=O) groups excluding carboxylic acids is 1. The minimum atomic E-state index is -0.307. The number of benzene rings is 1. The van der Waals surface area contributed by atoms with Crippen LogP contribution < -0.4 is 10.9 Å². The van der Waals surface area contributed by atoms with Gasteiger partial charge in [0, 0.05) is 24.0 Å². The van der Waals surface area contributed by atoms with E-state index in [9.17, 15) is 9.59 Å². The number of H-pyrrole nitrogens is 1. The first-order valence-corrected chi connectivity index (χ1v) is 9.69. The fraction of sp³-hybridized carbons (Fsp3) is 0.304. The maximum absolute atomic E-state index is 12.5. The van der Waals surface area contributed by atoms with Crippen LogP contribution in [0.3, 0.4) is 0 Å². The van der Waals surface area contributed by atoms with Crippen LogP contribution in [0.5, 0.6) is 0 Å². The summed E-state index contributed by atoms with van der Waals surface area (Å²) in [4.78, 5) is 36.2. The van der Waals surface area contributed by atoms with E-state index in [1.54, 1.807) is 25.3 Å². The van der Waals surface area contributed by atoms with Gasteiger partial charge in [0.15, 0.2) is 5.82 Å². The predicted octanol–water partition coefficient (Wildman–Crippen LogP) is 2.97. The zero-order valence-corrected chi connectivity index (χ0v) is 17.3. The van der Waals surface area contributed by atoms with Crippen LogP contribution in [0.2, 0.25) is 0 Å². The highest BCUT2D eigenvalue weighted by atomic mass is 16.2. The van der Waals surface area contributed by atoms with Crippen LogP contribution in [-0.2, 0) is 17.6 Å². The molecule has 0 unspecified atom stereocenters. The van der Waals surface area contributed by atoms with E-state index in [1.165, 1.54) is 22.3 Å². The van der Waals surface area contributed by atoms with Crippen molar-refractivity contribution in [3.05, 3.63) is 80.4 Å². The molecule has 6 heteroatoms. The van der Waals surface area contributed by atoms with Crippen molar-refractivity contribution in [3.8, 4) is 11.5 Å². The Morgan fingerprint density at radius 1 is 1.07 bits per heavy atom. The van der Waals surface area contributed by atoms with Crippen molar-refractivity contribution in [3.63, 3.8) is 0 Å². The second kappa shape index (κ2) is 8.82. The molecule has 1 amide bonds. The van der Waals surface area contributed by atoms with Gasteiger partial charge in [-0.25, -0.2) is 4.98 Å². The molecule has 0 aliphatic carbocycles. The van der Waals surface area contributed by atoms with Gasteiger partial charge < -0.3 is 10.3 Å². The van der Waals surface area contributed by atoms with Crippen molar-refractivity contribution in [2.45, 2.75) is 40.5 Å². The highest BCUT2D eigenvalue weighted by Crippen LogP contribution is 2.16. The van der Waals surface area contributed by atoms with E-state index in [4.69, 9.17) is 0 Å². The largest absolute Gasteiger partial charge is 0.355 e. The van der Waals surface area contributed by atoms with Gasteiger partial charge >= 0.3 is 0 Å². The van der Waals surface area contributed by atoms with Gasteiger partial charge in [-0.3, -0.25) is 14.6 Å². The Morgan fingerprint density at radius 3 is 2.41 bits per heavy atom. The molecule has 150 valence electrons. The monoisotopic (exact) mass is 390 g/mol. The number of aromatic nitrogens is 3. The molecule has 3 aromatic rings. The Hall–Kier alpha value is -3.28. The smallest absolute Gasteiger partial charge is 0.255 e. The summed E-state index contributed by atoms with van der Waals surface area (Å²) in [7, 11) is 0. The molecule has 2 aromatic heterocycles. The van der Waals surface area contributed by atoms with Crippen molar-refractivity contribution in [2.75, 3.05) is 6.54 Å². The van der Waals surface area contributed by atoms with Gasteiger partial charge in [0.1, 0.15) is 5.69 Å². The maximum atomic E-state index is 12.5.